The average molecular weight is 619 g/mol. The zero-order chi connectivity index (χ0) is 26.0. The fourth-order valence-electron chi connectivity index (χ4n) is 3.80. The van der Waals surface area contributed by atoms with Crippen molar-refractivity contribution in [2.45, 2.75) is 20.3 Å². The van der Waals surface area contributed by atoms with E-state index in [-0.39, 0.29) is 17.1 Å². The summed E-state index contributed by atoms with van der Waals surface area (Å²) < 4.78 is 20.4. The first-order chi connectivity index (χ1) is 17.2. The van der Waals surface area contributed by atoms with Gasteiger partial charge in [0.2, 0.25) is 0 Å². The highest BCUT2D eigenvalue weighted by molar-refractivity contribution is 14.1. The average Bonchev–Trinajstić information content (AvgIpc) is 2.81. The predicted octanol–water partition coefficient (Wildman–Crippen LogP) is 6.05. The summed E-state index contributed by atoms with van der Waals surface area (Å²) in [5.41, 5.74) is 3.02. The summed E-state index contributed by atoms with van der Waals surface area (Å²) in [6.45, 7) is 4.04. The molecule has 0 unspecified atom stereocenters. The molecule has 0 atom stereocenters. The number of urea groups is 1. The number of hydrogen-bond donors (Lipinski definition) is 1. The number of imide groups is 2. The number of ether oxygens (including phenoxy) is 1. The van der Waals surface area contributed by atoms with E-state index in [4.69, 9.17) is 16.3 Å². The number of anilines is 1. The Morgan fingerprint density at radius 2 is 1.89 bits per heavy atom. The molecular weight excluding hydrogens is 598 g/mol. The minimum Gasteiger partial charge on any atom is -0.494 e. The second-order valence-electron chi connectivity index (χ2n) is 8.11. The second kappa shape index (κ2) is 10.8. The molecule has 1 aliphatic rings. The predicted molar refractivity (Wildman–Crippen MR) is 145 cm³/mol. The molecule has 1 N–H and O–H groups in total. The first-order valence-electron chi connectivity index (χ1n) is 11.0. The number of carbonyl (C=O) groups is 3. The van der Waals surface area contributed by atoms with Gasteiger partial charge < -0.3 is 4.74 Å². The summed E-state index contributed by atoms with van der Waals surface area (Å²) in [5.74, 6) is -1.32. The van der Waals surface area contributed by atoms with Gasteiger partial charge in [0, 0.05) is 20.6 Å². The van der Waals surface area contributed by atoms with Crippen molar-refractivity contribution in [3.63, 3.8) is 0 Å². The van der Waals surface area contributed by atoms with Crippen LogP contribution in [0.15, 0.2) is 60.2 Å². The number of aryl methyl sites for hydroxylation is 1. The molecule has 6 nitrogen and oxygen atoms in total. The lowest BCUT2D eigenvalue weighted by molar-refractivity contribution is -0.122. The van der Waals surface area contributed by atoms with Crippen molar-refractivity contribution in [3.8, 4) is 5.75 Å². The van der Waals surface area contributed by atoms with E-state index in [1.54, 1.807) is 37.3 Å². The molecule has 0 aromatic heterocycles. The number of halogens is 3. The molecule has 0 aliphatic carbocycles. The molecule has 0 bridgehead atoms. The number of nitrogens with one attached hydrogen (secondary N) is 1. The molecule has 0 radical (unpaired) electrons. The standard InChI is InChI=1S/C27H21ClFIN2O4/c1-3-36-24-13-17(12-23(30)20(24)10-16-5-4-6-18(29)9-16)11-21-25(33)31-27(35)32(26(21)34)19-8-7-15(2)22(28)14-19/h4-9,11-14H,3,10H2,1-2H3,(H,31,33,35)/b21-11+. The summed E-state index contributed by atoms with van der Waals surface area (Å²) in [4.78, 5) is 39.2. The number of amides is 4. The van der Waals surface area contributed by atoms with Crippen LogP contribution in [-0.4, -0.2) is 24.5 Å². The molecule has 4 rings (SSSR count). The first-order valence-corrected chi connectivity index (χ1v) is 12.5. The molecule has 1 saturated heterocycles. The van der Waals surface area contributed by atoms with Crippen LogP contribution in [0.5, 0.6) is 5.75 Å². The maximum atomic E-state index is 13.7. The van der Waals surface area contributed by atoms with Crippen LogP contribution in [0, 0.1) is 16.3 Å². The van der Waals surface area contributed by atoms with Crippen LogP contribution in [0.1, 0.15) is 29.2 Å². The van der Waals surface area contributed by atoms with Gasteiger partial charge in [-0.05, 0) is 95.6 Å². The van der Waals surface area contributed by atoms with Gasteiger partial charge in [-0.2, -0.15) is 0 Å². The van der Waals surface area contributed by atoms with Crippen molar-refractivity contribution in [1.82, 2.24) is 5.32 Å². The molecule has 3 aromatic rings. The Kier molecular flexibility index (Phi) is 7.75. The highest BCUT2D eigenvalue weighted by atomic mass is 127. The van der Waals surface area contributed by atoms with Gasteiger partial charge >= 0.3 is 6.03 Å². The molecule has 184 valence electrons. The van der Waals surface area contributed by atoms with Crippen LogP contribution in [0.4, 0.5) is 14.9 Å². The zero-order valence-corrected chi connectivity index (χ0v) is 22.3. The Balaban J connectivity index is 1.72. The maximum Gasteiger partial charge on any atom is 0.335 e. The van der Waals surface area contributed by atoms with Crippen molar-refractivity contribution in [3.05, 3.63) is 96.8 Å². The number of carbonyl (C=O) groups excluding carboxylic acids is 3. The molecule has 4 amide bonds. The summed E-state index contributed by atoms with van der Waals surface area (Å²) in [6, 6.07) is 13.8. The number of hydrogen-bond acceptors (Lipinski definition) is 4. The zero-order valence-electron chi connectivity index (χ0n) is 19.4. The Morgan fingerprint density at radius 3 is 2.58 bits per heavy atom. The largest absolute Gasteiger partial charge is 0.494 e. The van der Waals surface area contributed by atoms with Gasteiger partial charge in [0.25, 0.3) is 11.8 Å². The Labute approximate surface area is 226 Å². The lowest BCUT2D eigenvalue weighted by Crippen LogP contribution is -2.54. The van der Waals surface area contributed by atoms with Crippen molar-refractivity contribution >= 4 is 63.8 Å². The quantitative estimate of drug-likeness (QED) is 0.208. The lowest BCUT2D eigenvalue weighted by atomic mass is 10.0. The van der Waals surface area contributed by atoms with Gasteiger partial charge in [0.05, 0.1) is 12.3 Å². The number of rotatable bonds is 6. The summed E-state index contributed by atoms with van der Waals surface area (Å²) in [5, 5.41) is 2.60. The normalized spacial score (nSPS) is 14.9. The van der Waals surface area contributed by atoms with E-state index < -0.39 is 17.8 Å². The van der Waals surface area contributed by atoms with Crippen LogP contribution >= 0.6 is 34.2 Å². The van der Waals surface area contributed by atoms with Crippen molar-refractivity contribution in [2.24, 2.45) is 0 Å². The third-order valence-corrected chi connectivity index (χ3v) is 6.94. The molecule has 1 heterocycles. The third kappa shape index (κ3) is 5.44. The van der Waals surface area contributed by atoms with Crippen molar-refractivity contribution in [1.29, 1.82) is 0 Å². The fraction of sp³-hybridized carbons (Fsp3) is 0.148. The molecule has 3 aromatic carbocycles. The van der Waals surface area contributed by atoms with Crippen LogP contribution in [0.2, 0.25) is 5.02 Å². The van der Waals surface area contributed by atoms with E-state index in [0.29, 0.717) is 29.4 Å². The van der Waals surface area contributed by atoms with Gasteiger partial charge in [0.1, 0.15) is 17.1 Å². The van der Waals surface area contributed by atoms with Gasteiger partial charge in [-0.3, -0.25) is 14.9 Å². The minimum absolute atomic E-state index is 0.206. The second-order valence-corrected chi connectivity index (χ2v) is 9.68. The third-order valence-electron chi connectivity index (χ3n) is 5.57. The minimum atomic E-state index is -0.850. The van der Waals surface area contributed by atoms with E-state index in [1.165, 1.54) is 24.3 Å². The van der Waals surface area contributed by atoms with E-state index >= 15 is 0 Å². The van der Waals surface area contributed by atoms with Gasteiger partial charge in [-0.1, -0.05) is 29.8 Å². The Morgan fingerprint density at radius 1 is 1.11 bits per heavy atom. The van der Waals surface area contributed by atoms with Crippen LogP contribution < -0.4 is 15.0 Å². The van der Waals surface area contributed by atoms with E-state index in [9.17, 15) is 18.8 Å². The first kappa shape index (κ1) is 25.8. The summed E-state index contributed by atoms with van der Waals surface area (Å²) in [6.07, 6.45) is 1.86. The van der Waals surface area contributed by atoms with Gasteiger partial charge in [-0.15, -0.1) is 0 Å². The van der Waals surface area contributed by atoms with Crippen LogP contribution in [0.25, 0.3) is 6.08 Å². The number of nitrogens with zero attached hydrogens (tertiary/aromatic N) is 1. The molecule has 36 heavy (non-hydrogen) atoms. The number of benzene rings is 3. The molecule has 1 aliphatic heterocycles. The van der Waals surface area contributed by atoms with Crippen LogP contribution in [0.3, 0.4) is 0 Å². The molecule has 0 spiro atoms. The molecular formula is C27H21ClFIN2O4. The monoisotopic (exact) mass is 618 g/mol. The Hall–Kier alpha value is -3.24. The topological polar surface area (TPSA) is 75.7 Å². The number of barbiturate groups is 1. The van der Waals surface area contributed by atoms with E-state index in [2.05, 4.69) is 27.9 Å². The van der Waals surface area contributed by atoms with Gasteiger partial charge in [0.15, 0.2) is 0 Å². The summed E-state index contributed by atoms with van der Waals surface area (Å²) >= 11 is 8.33. The summed E-state index contributed by atoms with van der Waals surface area (Å²) in [7, 11) is 0. The maximum absolute atomic E-state index is 13.7. The highest BCUT2D eigenvalue weighted by Gasteiger charge is 2.37. The van der Waals surface area contributed by atoms with Gasteiger partial charge in [-0.25, -0.2) is 14.1 Å². The van der Waals surface area contributed by atoms with Crippen LogP contribution in [-0.2, 0) is 16.0 Å². The van der Waals surface area contributed by atoms with Crippen molar-refractivity contribution < 1.29 is 23.5 Å². The lowest BCUT2D eigenvalue weighted by Gasteiger charge is -2.26. The van der Waals surface area contributed by atoms with E-state index in [0.717, 1.165) is 25.2 Å². The molecule has 0 saturated carbocycles. The SMILES string of the molecule is CCOc1cc(/C=C2\C(=O)NC(=O)N(c3ccc(C)c(Cl)c3)C2=O)cc(I)c1Cc1cccc(F)c1. The highest BCUT2D eigenvalue weighted by Crippen LogP contribution is 2.31. The smallest absolute Gasteiger partial charge is 0.335 e. The van der Waals surface area contributed by atoms with E-state index in [1.807, 2.05) is 13.0 Å². The van der Waals surface area contributed by atoms with Crippen molar-refractivity contribution in [2.75, 3.05) is 11.5 Å². The fourth-order valence-corrected chi connectivity index (χ4v) is 4.79. The molecule has 9 heteroatoms. The molecule has 1 fully saturated rings. The Bertz CT molecular complexity index is 1420.